The second-order valence-corrected chi connectivity index (χ2v) is 7.54. The lowest BCUT2D eigenvalue weighted by atomic mass is 10.1. The van der Waals surface area contributed by atoms with Gasteiger partial charge in [0.1, 0.15) is 0 Å². The molecule has 3 N–H and O–H groups in total. The summed E-state index contributed by atoms with van der Waals surface area (Å²) in [4.78, 5) is 0. The lowest BCUT2D eigenvalue weighted by Gasteiger charge is -2.10. The Morgan fingerprint density at radius 3 is 2.67 bits per heavy atom. The Hall–Kier alpha value is -0.720. The number of nitrogens with one attached hydrogen (secondary N) is 1. The highest BCUT2D eigenvalue weighted by Gasteiger charge is 2.18. The molecule has 1 atom stereocenters. The van der Waals surface area contributed by atoms with Gasteiger partial charge >= 0.3 is 0 Å². The van der Waals surface area contributed by atoms with Gasteiger partial charge < -0.3 is 5.73 Å². The smallest absolute Gasteiger partial charge is 0.215 e. The van der Waals surface area contributed by atoms with E-state index in [1.165, 1.54) is 0 Å². The van der Waals surface area contributed by atoms with Crippen LogP contribution in [0.15, 0.2) is 24.3 Å². The monoisotopic (exact) mass is 286 g/mol. The molecule has 0 spiro atoms. The zero-order valence-electron chi connectivity index (χ0n) is 10.1. The van der Waals surface area contributed by atoms with Crippen molar-refractivity contribution in [1.82, 2.24) is 4.72 Å². The van der Waals surface area contributed by atoms with E-state index in [0.717, 1.165) is 23.5 Å². The van der Waals surface area contributed by atoms with Gasteiger partial charge in [-0.15, -0.1) is 0 Å². The van der Waals surface area contributed by atoms with Crippen LogP contribution >= 0.6 is 11.8 Å². The topological polar surface area (TPSA) is 72.2 Å². The third kappa shape index (κ3) is 4.19. The molecule has 100 valence electrons. The van der Waals surface area contributed by atoms with Crippen molar-refractivity contribution in [2.45, 2.75) is 12.2 Å². The molecule has 1 saturated heterocycles. The molecule has 4 nitrogen and oxygen atoms in total. The predicted octanol–water partition coefficient (Wildman–Crippen LogP) is 1.44. The molecule has 6 heteroatoms. The van der Waals surface area contributed by atoms with Crippen LogP contribution in [0.25, 0.3) is 0 Å². The summed E-state index contributed by atoms with van der Waals surface area (Å²) in [6.45, 7) is 0.560. The largest absolute Gasteiger partial charge is 0.399 e. The van der Waals surface area contributed by atoms with Crippen LogP contribution in [0.1, 0.15) is 12.0 Å². The molecule has 0 saturated carbocycles. The molecule has 1 aromatic rings. The van der Waals surface area contributed by atoms with Gasteiger partial charge in [0.15, 0.2) is 0 Å². The van der Waals surface area contributed by atoms with E-state index in [0.29, 0.717) is 18.2 Å². The lowest BCUT2D eigenvalue weighted by Crippen LogP contribution is -2.30. The highest BCUT2D eigenvalue weighted by atomic mass is 32.2. The van der Waals surface area contributed by atoms with Crippen molar-refractivity contribution in [2.75, 3.05) is 23.8 Å². The van der Waals surface area contributed by atoms with Crippen molar-refractivity contribution >= 4 is 27.5 Å². The average Bonchev–Trinajstić information content (AvgIpc) is 2.83. The van der Waals surface area contributed by atoms with Gasteiger partial charge in [-0.25, -0.2) is 13.1 Å². The zero-order valence-corrected chi connectivity index (χ0v) is 11.8. The maximum atomic E-state index is 11.9. The van der Waals surface area contributed by atoms with Crippen LogP contribution in [-0.2, 0) is 15.8 Å². The SMILES string of the molecule is Nc1ccc(CS(=O)(=O)NCC2CCSC2)cc1. The van der Waals surface area contributed by atoms with Crippen molar-refractivity contribution in [3.8, 4) is 0 Å². The summed E-state index contributed by atoms with van der Waals surface area (Å²) in [5.74, 6) is 2.71. The number of rotatable bonds is 5. The van der Waals surface area contributed by atoms with E-state index < -0.39 is 10.0 Å². The number of hydrogen-bond donors (Lipinski definition) is 2. The second kappa shape index (κ2) is 5.95. The Bertz CT molecular complexity index is 479. The lowest BCUT2D eigenvalue weighted by molar-refractivity contribution is 0.545. The number of sulfonamides is 1. The van der Waals surface area contributed by atoms with E-state index in [-0.39, 0.29) is 5.75 Å². The molecule has 1 aliphatic heterocycles. The quantitative estimate of drug-likeness (QED) is 0.804. The Kier molecular flexibility index (Phi) is 4.53. The first-order chi connectivity index (χ1) is 8.55. The van der Waals surface area contributed by atoms with E-state index in [2.05, 4.69) is 4.72 Å². The summed E-state index contributed by atoms with van der Waals surface area (Å²) in [6, 6.07) is 6.94. The summed E-state index contributed by atoms with van der Waals surface area (Å²) in [6.07, 6.45) is 1.11. The Morgan fingerprint density at radius 2 is 2.06 bits per heavy atom. The van der Waals surface area contributed by atoms with Gasteiger partial charge in [0, 0.05) is 12.2 Å². The van der Waals surface area contributed by atoms with E-state index in [1.807, 2.05) is 11.8 Å². The Morgan fingerprint density at radius 1 is 1.33 bits per heavy atom. The zero-order chi connectivity index (χ0) is 13.0. The number of benzene rings is 1. The van der Waals surface area contributed by atoms with Crippen molar-refractivity contribution in [2.24, 2.45) is 5.92 Å². The third-order valence-corrected chi connectivity index (χ3v) is 5.50. The molecule has 0 radical (unpaired) electrons. The minimum Gasteiger partial charge on any atom is -0.399 e. The highest BCUT2D eigenvalue weighted by molar-refractivity contribution is 7.99. The van der Waals surface area contributed by atoms with E-state index >= 15 is 0 Å². The van der Waals surface area contributed by atoms with Crippen LogP contribution in [0.4, 0.5) is 5.69 Å². The third-order valence-electron chi connectivity index (χ3n) is 2.95. The molecule has 1 fully saturated rings. The first-order valence-electron chi connectivity index (χ1n) is 5.95. The number of anilines is 1. The minimum absolute atomic E-state index is 0.0210. The Labute approximate surface area is 112 Å². The standard InChI is InChI=1S/C12H18N2O2S2/c13-12-3-1-10(2-4-12)9-18(15,16)14-7-11-5-6-17-8-11/h1-4,11,14H,5-9,13H2. The van der Waals surface area contributed by atoms with E-state index in [9.17, 15) is 8.42 Å². The summed E-state index contributed by atoms with van der Waals surface area (Å²) in [7, 11) is -3.24. The molecule has 1 unspecified atom stereocenters. The summed E-state index contributed by atoms with van der Waals surface area (Å²) >= 11 is 1.89. The fraction of sp³-hybridized carbons (Fsp3) is 0.500. The molecular weight excluding hydrogens is 268 g/mol. The minimum atomic E-state index is -3.24. The number of nitrogen functional groups attached to an aromatic ring is 1. The fourth-order valence-electron chi connectivity index (χ4n) is 1.87. The molecule has 1 aliphatic rings. The second-order valence-electron chi connectivity index (χ2n) is 4.58. The van der Waals surface area contributed by atoms with Gasteiger partial charge in [-0.05, 0) is 41.5 Å². The van der Waals surface area contributed by atoms with Gasteiger partial charge in [-0.1, -0.05) is 12.1 Å². The number of nitrogens with two attached hydrogens (primary N) is 1. The van der Waals surface area contributed by atoms with Crippen LogP contribution in [0.3, 0.4) is 0 Å². The van der Waals surface area contributed by atoms with Crippen molar-refractivity contribution in [1.29, 1.82) is 0 Å². The van der Waals surface area contributed by atoms with Gasteiger partial charge in [0.05, 0.1) is 5.75 Å². The van der Waals surface area contributed by atoms with E-state index in [4.69, 9.17) is 5.73 Å². The summed E-state index contributed by atoms with van der Waals surface area (Å²) in [5, 5.41) is 0. The molecule has 1 aromatic carbocycles. The van der Waals surface area contributed by atoms with Crippen LogP contribution in [0, 0.1) is 5.92 Å². The maximum absolute atomic E-state index is 11.9. The van der Waals surface area contributed by atoms with Crippen molar-refractivity contribution in [3.63, 3.8) is 0 Å². The Balaban J connectivity index is 1.88. The van der Waals surface area contributed by atoms with Gasteiger partial charge in [0.25, 0.3) is 0 Å². The summed E-state index contributed by atoms with van der Waals surface area (Å²) in [5.41, 5.74) is 6.97. The highest BCUT2D eigenvalue weighted by Crippen LogP contribution is 2.22. The van der Waals surface area contributed by atoms with Gasteiger partial charge in [0.2, 0.25) is 10.0 Å². The molecule has 18 heavy (non-hydrogen) atoms. The van der Waals surface area contributed by atoms with Gasteiger partial charge in [-0.2, -0.15) is 11.8 Å². The normalized spacial score (nSPS) is 20.1. The molecule has 0 aromatic heterocycles. The number of hydrogen-bond acceptors (Lipinski definition) is 4. The van der Waals surface area contributed by atoms with Crippen molar-refractivity contribution < 1.29 is 8.42 Å². The van der Waals surface area contributed by atoms with E-state index in [1.54, 1.807) is 24.3 Å². The molecule has 0 bridgehead atoms. The fourth-order valence-corrected chi connectivity index (χ4v) is 4.38. The molecule has 0 aliphatic carbocycles. The predicted molar refractivity (Wildman–Crippen MR) is 76.9 cm³/mol. The van der Waals surface area contributed by atoms with Crippen LogP contribution in [0.5, 0.6) is 0 Å². The van der Waals surface area contributed by atoms with Crippen molar-refractivity contribution in [3.05, 3.63) is 29.8 Å². The molecular formula is C12H18N2O2S2. The average molecular weight is 286 g/mol. The summed E-state index contributed by atoms with van der Waals surface area (Å²) < 4.78 is 26.5. The van der Waals surface area contributed by atoms with Crippen LogP contribution in [-0.4, -0.2) is 26.5 Å². The first-order valence-corrected chi connectivity index (χ1v) is 8.75. The number of thioether (sulfide) groups is 1. The van der Waals surface area contributed by atoms with Crippen LogP contribution < -0.4 is 10.5 Å². The molecule has 0 amide bonds. The first kappa shape index (κ1) is 13.7. The van der Waals surface area contributed by atoms with Crippen LogP contribution in [0.2, 0.25) is 0 Å². The molecule has 1 heterocycles. The molecule has 2 rings (SSSR count). The maximum Gasteiger partial charge on any atom is 0.215 e. The van der Waals surface area contributed by atoms with Gasteiger partial charge in [-0.3, -0.25) is 0 Å².